The lowest BCUT2D eigenvalue weighted by atomic mass is 10.1. The molecule has 2 aromatic carbocycles. The van der Waals surface area contributed by atoms with Gasteiger partial charge < -0.3 is 19.7 Å². The van der Waals surface area contributed by atoms with E-state index in [1.165, 1.54) is 18.5 Å². The number of aldehydes is 1. The van der Waals surface area contributed by atoms with E-state index in [1.807, 2.05) is 19.0 Å². The van der Waals surface area contributed by atoms with Crippen molar-refractivity contribution in [3.8, 4) is 5.75 Å². The van der Waals surface area contributed by atoms with Crippen LogP contribution in [0.2, 0.25) is 5.02 Å². The van der Waals surface area contributed by atoms with Crippen LogP contribution in [0.25, 0.3) is 10.9 Å². The first-order valence-electron chi connectivity index (χ1n) is 10.9. The van der Waals surface area contributed by atoms with Gasteiger partial charge in [0.15, 0.2) is 6.29 Å². The Balaban J connectivity index is 1.76. The van der Waals surface area contributed by atoms with Crippen molar-refractivity contribution in [2.75, 3.05) is 39.2 Å². The fourth-order valence-corrected chi connectivity index (χ4v) is 3.66. The summed E-state index contributed by atoms with van der Waals surface area (Å²) in [6.07, 6.45) is 3.34. The molecule has 1 saturated heterocycles. The van der Waals surface area contributed by atoms with E-state index in [4.69, 9.17) is 21.1 Å². The highest BCUT2D eigenvalue weighted by molar-refractivity contribution is 6.31. The summed E-state index contributed by atoms with van der Waals surface area (Å²) < 4.78 is 25.2. The summed E-state index contributed by atoms with van der Waals surface area (Å²) in [5.74, 6) is 0.496. The number of nitrogens with one attached hydrogen (secondary N) is 1. The second kappa shape index (κ2) is 10.9. The quantitative estimate of drug-likeness (QED) is 0.351. The van der Waals surface area contributed by atoms with Crippen LogP contribution in [0, 0.1) is 5.82 Å². The van der Waals surface area contributed by atoms with Crippen molar-refractivity contribution in [2.24, 2.45) is 4.99 Å². The van der Waals surface area contributed by atoms with Gasteiger partial charge in [-0.25, -0.2) is 19.4 Å². The first kappa shape index (κ1) is 24.0. The van der Waals surface area contributed by atoms with Gasteiger partial charge in [-0.05, 0) is 38.4 Å². The van der Waals surface area contributed by atoms with Crippen molar-refractivity contribution in [2.45, 2.75) is 18.9 Å². The Hall–Kier alpha value is -3.14. The van der Waals surface area contributed by atoms with Gasteiger partial charge in [-0.1, -0.05) is 11.6 Å². The Labute approximate surface area is 201 Å². The Morgan fingerprint density at radius 1 is 1.35 bits per heavy atom. The van der Waals surface area contributed by atoms with E-state index in [0.29, 0.717) is 65.7 Å². The highest BCUT2D eigenvalue weighted by atomic mass is 35.5. The minimum Gasteiger partial charge on any atom is -0.486 e. The normalized spacial score (nSPS) is 16.3. The monoisotopic (exact) mass is 485 g/mol. The second-order valence-electron chi connectivity index (χ2n) is 8.19. The third kappa shape index (κ3) is 5.85. The van der Waals surface area contributed by atoms with Crippen LogP contribution in [0.1, 0.15) is 12.8 Å². The van der Waals surface area contributed by atoms with Crippen LogP contribution < -0.4 is 10.1 Å². The number of ether oxygens (including phenoxy) is 2. The smallest absolute Gasteiger partial charge is 0.164 e. The lowest BCUT2D eigenvalue weighted by Gasteiger charge is -2.16. The lowest BCUT2D eigenvalue weighted by Crippen LogP contribution is -2.17. The standard InChI is InChI=1S/C24H25ClFN5O3/c1-31(2)7-5-16(12-32)29-22-10-18-21(11-23(22)34-17-6-8-33-13-17)27-14-28-24(18)30-15-3-4-20(26)19(25)9-15/h3-4,9-12,14,17H,5-8,13H2,1-2H3,(H,27,28,30). The molecule has 1 fully saturated rings. The van der Waals surface area contributed by atoms with Gasteiger partial charge >= 0.3 is 0 Å². The lowest BCUT2D eigenvalue weighted by molar-refractivity contribution is -0.102. The molecule has 0 amide bonds. The zero-order valence-electron chi connectivity index (χ0n) is 18.9. The Kier molecular flexibility index (Phi) is 7.66. The van der Waals surface area contributed by atoms with Crippen molar-refractivity contribution in [1.82, 2.24) is 14.9 Å². The summed E-state index contributed by atoms with van der Waals surface area (Å²) in [5.41, 5.74) is 2.09. The molecule has 1 N–H and O–H groups in total. The average Bonchev–Trinajstić information content (AvgIpc) is 3.32. The zero-order valence-corrected chi connectivity index (χ0v) is 19.7. The fraction of sp³-hybridized carbons (Fsp3) is 0.333. The second-order valence-corrected chi connectivity index (χ2v) is 8.60. The number of carbonyl (C=O) groups is 1. The van der Waals surface area contributed by atoms with Crippen molar-refractivity contribution in [1.29, 1.82) is 0 Å². The van der Waals surface area contributed by atoms with E-state index in [9.17, 15) is 9.18 Å². The summed E-state index contributed by atoms with van der Waals surface area (Å²) >= 11 is 5.92. The van der Waals surface area contributed by atoms with Crippen LogP contribution in [0.3, 0.4) is 0 Å². The Bertz CT molecular complexity index is 1210. The number of nitrogens with zero attached hydrogens (tertiary/aromatic N) is 4. The van der Waals surface area contributed by atoms with Crippen LogP contribution in [0.5, 0.6) is 5.75 Å². The van der Waals surface area contributed by atoms with Crippen LogP contribution in [0.15, 0.2) is 41.7 Å². The minimum atomic E-state index is -0.506. The number of hydrogen-bond acceptors (Lipinski definition) is 8. The molecule has 178 valence electrons. The van der Waals surface area contributed by atoms with Gasteiger partial charge in [0.2, 0.25) is 0 Å². The van der Waals surface area contributed by atoms with Crippen molar-refractivity contribution >= 4 is 51.7 Å². The molecule has 2 heterocycles. The molecule has 0 radical (unpaired) electrons. The molecule has 1 aliphatic heterocycles. The maximum Gasteiger partial charge on any atom is 0.164 e. The highest BCUT2D eigenvalue weighted by Gasteiger charge is 2.20. The van der Waals surface area contributed by atoms with Gasteiger partial charge in [0.05, 0.1) is 29.5 Å². The van der Waals surface area contributed by atoms with Gasteiger partial charge in [0.1, 0.15) is 35.5 Å². The third-order valence-electron chi connectivity index (χ3n) is 5.30. The number of carbonyl (C=O) groups excluding carboxylic acids is 1. The topological polar surface area (TPSA) is 88.9 Å². The van der Waals surface area contributed by atoms with Gasteiger partial charge in [-0.2, -0.15) is 0 Å². The van der Waals surface area contributed by atoms with E-state index in [1.54, 1.807) is 18.2 Å². The molecule has 0 aliphatic carbocycles. The predicted octanol–water partition coefficient (Wildman–Crippen LogP) is 4.56. The van der Waals surface area contributed by atoms with Gasteiger partial charge in [-0.15, -0.1) is 0 Å². The van der Waals surface area contributed by atoms with Crippen molar-refractivity contribution in [3.63, 3.8) is 0 Å². The number of hydrogen-bond donors (Lipinski definition) is 1. The van der Waals surface area contributed by atoms with Gasteiger partial charge in [0.25, 0.3) is 0 Å². The number of halogens is 2. The molecule has 34 heavy (non-hydrogen) atoms. The molecule has 1 atom stereocenters. The summed E-state index contributed by atoms with van der Waals surface area (Å²) in [5, 5.41) is 3.82. The number of aromatic nitrogens is 2. The number of rotatable bonds is 9. The maximum absolute atomic E-state index is 13.6. The number of anilines is 2. The first-order valence-corrected chi connectivity index (χ1v) is 11.2. The van der Waals surface area contributed by atoms with Crippen LogP contribution in [0.4, 0.5) is 21.6 Å². The van der Waals surface area contributed by atoms with Gasteiger partial charge in [0, 0.05) is 36.5 Å². The number of fused-ring (bicyclic) bond motifs is 1. The van der Waals surface area contributed by atoms with E-state index in [2.05, 4.69) is 20.3 Å². The molecule has 1 aromatic heterocycles. The molecule has 4 rings (SSSR count). The van der Waals surface area contributed by atoms with E-state index in [0.717, 1.165) is 12.7 Å². The number of aliphatic imine (C=N–C) groups is 1. The molecule has 10 heteroatoms. The van der Waals surface area contributed by atoms with Crippen LogP contribution in [-0.2, 0) is 9.53 Å². The zero-order chi connectivity index (χ0) is 24.1. The maximum atomic E-state index is 13.6. The van der Waals surface area contributed by atoms with Crippen molar-refractivity contribution < 1.29 is 18.7 Å². The summed E-state index contributed by atoms with van der Waals surface area (Å²) in [6, 6.07) is 7.89. The first-order chi connectivity index (χ1) is 16.4. The van der Waals surface area contributed by atoms with E-state index < -0.39 is 5.82 Å². The fourth-order valence-electron chi connectivity index (χ4n) is 3.48. The third-order valence-corrected chi connectivity index (χ3v) is 5.58. The SMILES string of the molecule is CN(C)CCC(C=O)=Nc1cc2c(Nc3ccc(F)c(Cl)c3)ncnc2cc1OC1CCOC1. The number of benzene rings is 2. The summed E-state index contributed by atoms with van der Waals surface area (Å²) in [6.45, 7) is 1.80. The van der Waals surface area contributed by atoms with Crippen LogP contribution in [-0.4, -0.2) is 66.8 Å². The summed E-state index contributed by atoms with van der Waals surface area (Å²) in [4.78, 5) is 27.0. The molecule has 0 saturated carbocycles. The largest absolute Gasteiger partial charge is 0.486 e. The molecular weight excluding hydrogens is 461 g/mol. The predicted molar refractivity (Wildman–Crippen MR) is 130 cm³/mol. The average molecular weight is 486 g/mol. The highest BCUT2D eigenvalue weighted by Crippen LogP contribution is 2.37. The molecule has 0 spiro atoms. The molecule has 3 aromatic rings. The minimum absolute atomic E-state index is 0.000337. The molecular formula is C24H25ClFN5O3. The molecule has 0 bridgehead atoms. The molecule has 1 unspecified atom stereocenters. The Morgan fingerprint density at radius 2 is 2.21 bits per heavy atom. The van der Waals surface area contributed by atoms with Crippen molar-refractivity contribution in [3.05, 3.63) is 47.5 Å². The van der Waals surface area contributed by atoms with Crippen LogP contribution >= 0.6 is 11.6 Å². The molecule has 8 nitrogen and oxygen atoms in total. The Morgan fingerprint density at radius 3 is 2.91 bits per heavy atom. The molecule has 1 aliphatic rings. The summed E-state index contributed by atoms with van der Waals surface area (Å²) in [7, 11) is 3.87. The van der Waals surface area contributed by atoms with Gasteiger partial charge in [-0.3, -0.25) is 4.79 Å². The van der Waals surface area contributed by atoms with E-state index in [-0.39, 0.29) is 11.1 Å². The van der Waals surface area contributed by atoms with E-state index >= 15 is 0 Å².